The van der Waals surface area contributed by atoms with Crippen molar-refractivity contribution in [2.75, 3.05) is 11.9 Å². The van der Waals surface area contributed by atoms with E-state index in [4.69, 9.17) is 27.9 Å². The number of benzene rings is 2. The average molecular weight is 324 g/mol. The van der Waals surface area contributed by atoms with Crippen molar-refractivity contribution in [1.29, 1.82) is 0 Å². The van der Waals surface area contributed by atoms with Gasteiger partial charge in [0.05, 0.1) is 16.7 Å². The number of ether oxygens (including phenoxy) is 1. The molecule has 2 aromatic rings. The van der Waals surface area contributed by atoms with Crippen LogP contribution >= 0.6 is 23.2 Å². The van der Waals surface area contributed by atoms with Crippen molar-refractivity contribution in [2.45, 2.75) is 13.0 Å². The van der Waals surface area contributed by atoms with Gasteiger partial charge in [-0.25, -0.2) is 4.79 Å². The molecule has 0 fully saturated rings. The molecule has 0 saturated carbocycles. The van der Waals surface area contributed by atoms with E-state index in [9.17, 15) is 4.79 Å². The Kier molecular flexibility index (Phi) is 5.48. The molecule has 0 bridgehead atoms. The van der Waals surface area contributed by atoms with Gasteiger partial charge in [-0.1, -0.05) is 53.5 Å². The Balaban J connectivity index is 2.27. The summed E-state index contributed by atoms with van der Waals surface area (Å²) in [4.78, 5) is 12.2. The Labute approximate surface area is 133 Å². The van der Waals surface area contributed by atoms with E-state index in [1.165, 1.54) is 0 Å². The normalized spacial score (nSPS) is 11.8. The summed E-state index contributed by atoms with van der Waals surface area (Å²) in [7, 11) is 0. The van der Waals surface area contributed by atoms with Gasteiger partial charge in [-0.15, -0.1) is 0 Å². The van der Waals surface area contributed by atoms with E-state index in [0.717, 1.165) is 5.56 Å². The molecule has 0 aliphatic carbocycles. The molecule has 0 amide bonds. The van der Waals surface area contributed by atoms with Gasteiger partial charge < -0.3 is 10.1 Å². The Bertz CT molecular complexity index is 617. The van der Waals surface area contributed by atoms with Crippen LogP contribution in [0.2, 0.25) is 10.0 Å². The van der Waals surface area contributed by atoms with E-state index in [-0.39, 0.29) is 5.97 Å². The molecule has 0 radical (unpaired) electrons. The molecule has 0 aliphatic rings. The van der Waals surface area contributed by atoms with E-state index in [1.807, 2.05) is 30.3 Å². The fourth-order valence-corrected chi connectivity index (χ4v) is 2.20. The zero-order valence-electron chi connectivity index (χ0n) is 11.5. The van der Waals surface area contributed by atoms with E-state index in [0.29, 0.717) is 22.3 Å². The van der Waals surface area contributed by atoms with Crippen molar-refractivity contribution in [3.63, 3.8) is 0 Å². The van der Waals surface area contributed by atoms with Gasteiger partial charge in [0.15, 0.2) is 6.04 Å². The van der Waals surface area contributed by atoms with Crippen LogP contribution in [0.4, 0.5) is 5.69 Å². The molecule has 0 spiro atoms. The molecule has 0 saturated heterocycles. The number of hydrogen-bond donors (Lipinski definition) is 1. The first-order valence-electron chi connectivity index (χ1n) is 6.55. The van der Waals surface area contributed by atoms with E-state index in [1.54, 1.807) is 25.1 Å². The molecule has 0 aliphatic heterocycles. The highest BCUT2D eigenvalue weighted by molar-refractivity contribution is 6.42. The largest absolute Gasteiger partial charge is 0.464 e. The number of carbonyl (C=O) groups is 1. The van der Waals surface area contributed by atoms with Gasteiger partial charge in [0.25, 0.3) is 0 Å². The summed E-state index contributed by atoms with van der Waals surface area (Å²) in [6.45, 7) is 2.10. The average Bonchev–Trinajstić information content (AvgIpc) is 2.49. The number of rotatable bonds is 5. The van der Waals surface area contributed by atoms with Crippen LogP contribution in [0.25, 0.3) is 0 Å². The molecule has 1 N–H and O–H groups in total. The van der Waals surface area contributed by atoms with Gasteiger partial charge in [-0.3, -0.25) is 0 Å². The number of nitrogens with one attached hydrogen (secondary N) is 1. The maximum absolute atomic E-state index is 12.2. The second-order valence-corrected chi connectivity index (χ2v) is 5.18. The molecular weight excluding hydrogens is 309 g/mol. The quantitative estimate of drug-likeness (QED) is 0.810. The second kappa shape index (κ2) is 7.34. The van der Waals surface area contributed by atoms with Crippen molar-refractivity contribution < 1.29 is 9.53 Å². The Hall–Kier alpha value is -1.71. The van der Waals surface area contributed by atoms with Gasteiger partial charge in [0.2, 0.25) is 0 Å². The summed E-state index contributed by atoms with van der Waals surface area (Å²) < 4.78 is 5.12. The Morgan fingerprint density at radius 1 is 1.14 bits per heavy atom. The third kappa shape index (κ3) is 4.13. The third-order valence-corrected chi connectivity index (χ3v) is 3.62. The summed E-state index contributed by atoms with van der Waals surface area (Å²) in [5, 5.41) is 4.03. The van der Waals surface area contributed by atoms with Gasteiger partial charge in [-0.2, -0.15) is 0 Å². The number of hydrogen-bond acceptors (Lipinski definition) is 3. The summed E-state index contributed by atoms with van der Waals surface area (Å²) in [5.74, 6) is -0.338. The van der Waals surface area contributed by atoms with Crippen molar-refractivity contribution in [1.82, 2.24) is 0 Å². The molecule has 5 heteroatoms. The first kappa shape index (κ1) is 15.7. The zero-order chi connectivity index (χ0) is 15.2. The molecule has 0 aromatic heterocycles. The van der Waals surface area contributed by atoms with Crippen molar-refractivity contribution in [3.8, 4) is 0 Å². The van der Waals surface area contributed by atoms with Crippen molar-refractivity contribution >= 4 is 34.9 Å². The smallest absolute Gasteiger partial charge is 0.333 e. The van der Waals surface area contributed by atoms with Crippen LogP contribution in [0.15, 0.2) is 48.5 Å². The fraction of sp³-hybridized carbons (Fsp3) is 0.188. The minimum Gasteiger partial charge on any atom is -0.464 e. The highest BCUT2D eigenvalue weighted by atomic mass is 35.5. The van der Waals surface area contributed by atoms with Crippen LogP contribution in [-0.4, -0.2) is 12.6 Å². The van der Waals surface area contributed by atoms with Crippen LogP contribution in [0.1, 0.15) is 18.5 Å². The van der Waals surface area contributed by atoms with Crippen LogP contribution in [0.5, 0.6) is 0 Å². The molecule has 1 atom stereocenters. The second-order valence-electron chi connectivity index (χ2n) is 4.37. The molecule has 3 nitrogen and oxygen atoms in total. The monoisotopic (exact) mass is 323 g/mol. The predicted octanol–water partition coefficient (Wildman–Crippen LogP) is 4.71. The fourth-order valence-electron chi connectivity index (χ4n) is 1.90. The number of halogens is 2. The summed E-state index contributed by atoms with van der Waals surface area (Å²) >= 11 is 11.9. The first-order valence-corrected chi connectivity index (χ1v) is 7.30. The Morgan fingerprint density at radius 2 is 1.86 bits per heavy atom. The molecular formula is C16H15Cl2NO2. The first-order chi connectivity index (χ1) is 10.1. The van der Waals surface area contributed by atoms with Gasteiger partial charge >= 0.3 is 5.97 Å². The number of carbonyl (C=O) groups excluding carboxylic acids is 1. The minimum atomic E-state index is -0.594. The topological polar surface area (TPSA) is 38.3 Å². The Morgan fingerprint density at radius 3 is 2.48 bits per heavy atom. The van der Waals surface area contributed by atoms with Crippen molar-refractivity contribution in [3.05, 3.63) is 64.1 Å². The maximum Gasteiger partial charge on any atom is 0.333 e. The lowest BCUT2D eigenvalue weighted by Crippen LogP contribution is -2.23. The van der Waals surface area contributed by atoms with Crippen LogP contribution < -0.4 is 5.32 Å². The molecule has 1 unspecified atom stereocenters. The van der Waals surface area contributed by atoms with Gasteiger partial charge in [0, 0.05) is 5.69 Å². The standard InChI is InChI=1S/C16H15Cl2NO2/c1-2-21-16(20)15(11-6-4-3-5-7-11)19-12-8-9-13(17)14(18)10-12/h3-10,15,19H,2H2,1H3. The lowest BCUT2D eigenvalue weighted by Gasteiger charge is -2.19. The van der Waals surface area contributed by atoms with E-state index >= 15 is 0 Å². The lowest BCUT2D eigenvalue weighted by molar-refractivity contribution is -0.144. The molecule has 110 valence electrons. The SMILES string of the molecule is CCOC(=O)C(Nc1ccc(Cl)c(Cl)c1)c1ccccc1. The highest BCUT2D eigenvalue weighted by Gasteiger charge is 2.21. The van der Waals surface area contributed by atoms with Crippen LogP contribution in [-0.2, 0) is 9.53 Å². The molecule has 2 rings (SSSR count). The maximum atomic E-state index is 12.2. The molecule has 2 aromatic carbocycles. The highest BCUT2D eigenvalue weighted by Crippen LogP contribution is 2.28. The van der Waals surface area contributed by atoms with Gasteiger partial charge in [-0.05, 0) is 30.7 Å². The predicted molar refractivity (Wildman–Crippen MR) is 85.9 cm³/mol. The van der Waals surface area contributed by atoms with Crippen LogP contribution in [0.3, 0.4) is 0 Å². The lowest BCUT2D eigenvalue weighted by atomic mass is 10.1. The minimum absolute atomic E-state index is 0.325. The van der Waals surface area contributed by atoms with E-state index < -0.39 is 6.04 Å². The zero-order valence-corrected chi connectivity index (χ0v) is 13.0. The number of anilines is 1. The van der Waals surface area contributed by atoms with Gasteiger partial charge in [0.1, 0.15) is 0 Å². The van der Waals surface area contributed by atoms with E-state index in [2.05, 4.69) is 5.32 Å². The summed E-state index contributed by atoms with van der Waals surface area (Å²) in [6.07, 6.45) is 0. The van der Waals surface area contributed by atoms with Crippen LogP contribution in [0, 0.1) is 0 Å². The molecule has 21 heavy (non-hydrogen) atoms. The summed E-state index contributed by atoms with van der Waals surface area (Å²) in [5.41, 5.74) is 1.52. The third-order valence-electron chi connectivity index (χ3n) is 2.89. The van der Waals surface area contributed by atoms with Crippen molar-refractivity contribution in [2.24, 2.45) is 0 Å². The molecule has 0 heterocycles. The summed E-state index contributed by atoms with van der Waals surface area (Å²) in [6, 6.07) is 13.9. The number of esters is 1.